The van der Waals surface area contributed by atoms with Crippen molar-refractivity contribution in [1.82, 2.24) is 29.1 Å². The van der Waals surface area contributed by atoms with E-state index < -0.39 is 88.6 Å². The quantitative estimate of drug-likeness (QED) is 0.0572. The Morgan fingerprint density at radius 1 is 0.492 bits per heavy atom. The monoisotopic (exact) mass is 948 g/mol. The molecule has 4 aromatic heterocycles. The van der Waals surface area contributed by atoms with Gasteiger partial charge in [-0.25, -0.2) is 19.9 Å². The molecule has 0 fully saturated rings. The van der Waals surface area contributed by atoms with Gasteiger partial charge in [-0.3, -0.25) is 19.2 Å². The highest BCUT2D eigenvalue weighted by molar-refractivity contribution is 6.54. The number of hydrogen-bond acceptors (Lipinski definition) is 8. The second kappa shape index (κ2) is 17.4. The highest BCUT2D eigenvalue weighted by atomic mass is 35.5. The van der Waals surface area contributed by atoms with Gasteiger partial charge >= 0.3 is 24.2 Å². The third-order valence-electron chi connectivity index (χ3n) is 9.95. The summed E-state index contributed by atoms with van der Waals surface area (Å²) in [5, 5.41) is -0.256. The Balaban J connectivity index is 1.32. The molecule has 0 unspecified atom stereocenters. The van der Waals surface area contributed by atoms with Crippen molar-refractivity contribution in [2.24, 2.45) is 0 Å². The Morgan fingerprint density at radius 2 is 0.877 bits per heavy atom. The highest BCUT2D eigenvalue weighted by Crippen LogP contribution is 2.42. The number of para-hydroxylation sites is 1. The zero-order chi connectivity index (χ0) is 46.4. The van der Waals surface area contributed by atoms with Gasteiger partial charge in [0.15, 0.2) is 0 Å². The number of alkyl halides is 6. The predicted octanol–water partition coefficient (Wildman–Crippen LogP) is 10.3. The smallest absolute Gasteiger partial charge is 0.332 e. The van der Waals surface area contributed by atoms with Crippen LogP contribution in [0.2, 0.25) is 15.1 Å². The molecule has 0 aliphatic heterocycles. The van der Waals surface area contributed by atoms with Gasteiger partial charge in [0.25, 0.3) is 23.5 Å². The van der Waals surface area contributed by atoms with Crippen LogP contribution in [0.1, 0.15) is 43.2 Å². The van der Waals surface area contributed by atoms with Crippen molar-refractivity contribution >= 4 is 91.9 Å². The number of carbonyl (C=O) groups excluding carboxylic acids is 4. The molecule has 0 aliphatic rings. The fraction of sp³-hybridized carbons (Fsp3) is 0.0909. The number of halogens is 9. The first-order chi connectivity index (χ1) is 30.9. The van der Waals surface area contributed by atoms with E-state index in [0.29, 0.717) is 16.1 Å². The first kappa shape index (κ1) is 44.5. The number of carbonyl (C=O) groups is 4. The van der Waals surface area contributed by atoms with E-state index in [0.717, 1.165) is 40.0 Å². The molecule has 21 heteroatoms. The lowest BCUT2D eigenvalue weighted by Gasteiger charge is -2.30. The Bertz CT molecular complexity index is 3150. The van der Waals surface area contributed by atoms with Crippen LogP contribution in [0, 0.1) is 0 Å². The average molecular weight is 950 g/mol. The fourth-order valence-corrected chi connectivity index (χ4v) is 7.73. The average Bonchev–Trinajstić information content (AvgIpc) is 3.79. The molecular formula is C44H25Cl3F6N8O4. The Kier molecular flexibility index (Phi) is 11.9. The maximum atomic E-state index is 15.4. The Morgan fingerprint density at radius 3 is 1.31 bits per heavy atom. The summed E-state index contributed by atoms with van der Waals surface area (Å²) in [7, 11) is 0. The minimum Gasteiger partial charge on any atom is -0.332 e. The molecule has 12 nitrogen and oxygen atoms in total. The minimum atomic E-state index is -5.35. The molecule has 0 atom stereocenters. The Hall–Kier alpha value is -7.15. The molecule has 0 saturated heterocycles. The van der Waals surface area contributed by atoms with Gasteiger partial charge in [-0.2, -0.15) is 36.4 Å². The van der Waals surface area contributed by atoms with Gasteiger partial charge in [0.1, 0.15) is 11.4 Å². The summed E-state index contributed by atoms with van der Waals surface area (Å²) in [6, 6.07) is 22.8. The van der Waals surface area contributed by atoms with Crippen LogP contribution < -0.4 is 10.0 Å². The van der Waals surface area contributed by atoms with Gasteiger partial charge in [0.2, 0.25) is 0 Å². The zero-order valence-corrected chi connectivity index (χ0v) is 34.9. The van der Waals surface area contributed by atoms with Crippen LogP contribution in [0.3, 0.4) is 0 Å². The van der Waals surface area contributed by atoms with E-state index in [9.17, 15) is 19.2 Å². The standard InChI is InChI=1S/C44H25Cl3F6N8O4/c45-26-11-7-24(8-12-26)22-58-31-6-2-1-5-29(31)33(37(58)43(48,49)50)35(62)39(64)60(41-54-17-3-18-55-41)61(42-56-19-4-20-57-42)40(65)36(63)34-30-21-28(47)15-16-32(30)59(38(34)44(51,52)53)23-25-9-13-27(46)14-10-25/h1-21H,22-23H2. The first-order valence-corrected chi connectivity index (χ1v) is 19.9. The predicted molar refractivity (Wildman–Crippen MR) is 228 cm³/mol. The molecule has 0 bridgehead atoms. The molecule has 0 spiro atoms. The number of aromatic nitrogens is 6. The summed E-state index contributed by atoms with van der Waals surface area (Å²) in [6.45, 7) is -0.963. The highest BCUT2D eigenvalue weighted by Gasteiger charge is 2.48. The number of amides is 2. The number of rotatable bonds is 10. The number of Topliss-reactive ketones (excluding diaryl/α,β-unsaturated/α-hetero) is 2. The second-order valence-corrected chi connectivity index (χ2v) is 15.3. The summed E-state index contributed by atoms with van der Waals surface area (Å²) in [5.74, 6) is -9.54. The summed E-state index contributed by atoms with van der Waals surface area (Å²) in [5.41, 5.74) is -5.25. The van der Waals surface area contributed by atoms with Crippen LogP contribution in [0.15, 0.2) is 128 Å². The van der Waals surface area contributed by atoms with Crippen molar-refractivity contribution in [1.29, 1.82) is 0 Å². The summed E-state index contributed by atoms with van der Waals surface area (Å²) in [6.07, 6.45) is -6.57. The van der Waals surface area contributed by atoms with Crippen LogP contribution in [-0.4, -0.2) is 52.5 Å². The molecule has 328 valence electrons. The number of nitrogens with zero attached hydrogens (tertiary/aromatic N) is 8. The summed E-state index contributed by atoms with van der Waals surface area (Å²) >= 11 is 18.3. The lowest BCUT2D eigenvalue weighted by Crippen LogP contribution is -2.56. The molecule has 8 rings (SSSR count). The molecule has 2 amide bonds. The SMILES string of the molecule is O=C(C(=O)N(c1ncccn1)N(C(=O)C(=O)c1c(C(F)(F)F)n(Cc2ccc(Cl)cc2)c2ccc(Cl)cc12)c1ncccn1)c1c(C(F)(F)F)n(Cc2ccc(Cl)cc2)c2ccccc12. The molecule has 0 aliphatic carbocycles. The van der Waals surface area contributed by atoms with Crippen molar-refractivity contribution < 1.29 is 45.5 Å². The maximum absolute atomic E-state index is 15.4. The third-order valence-corrected chi connectivity index (χ3v) is 10.7. The van der Waals surface area contributed by atoms with Crippen molar-refractivity contribution in [3.63, 3.8) is 0 Å². The maximum Gasteiger partial charge on any atom is 0.432 e. The molecular weight excluding hydrogens is 925 g/mol. The molecule has 0 saturated carbocycles. The Labute approximate surface area is 377 Å². The lowest BCUT2D eigenvalue weighted by atomic mass is 10.0. The van der Waals surface area contributed by atoms with Crippen molar-refractivity contribution in [3.8, 4) is 0 Å². The van der Waals surface area contributed by atoms with E-state index >= 15 is 26.3 Å². The zero-order valence-electron chi connectivity index (χ0n) is 32.7. The van der Waals surface area contributed by atoms with Gasteiger partial charge in [-0.05, 0) is 71.8 Å². The third kappa shape index (κ3) is 8.62. The lowest BCUT2D eigenvalue weighted by molar-refractivity contribution is -0.144. The number of anilines is 2. The van der Waals surface area contributed by atoms with Crippen LogP contribution >= 0.6 is 34.8 Å². The molecule has 0 radical (unpaired) electrons. The number of fused-ring (bicyclic) bond motifs is 2. The number of hydrazine groups is 1. The van der Waals surface area contributed by atoms with E-state index in [1.807, 2.05) is 0 Å². The normalized spacial score (nSPS) is 11.8. The van der Waals surface area contributed by atoms with E-state index in [1.165, 1.54) is 97.1 Å². The van der Waals surface area contributed by atoms with Gasteiger partial charge < -0.3 is 9.13 Å². The number of ketones is 2. The fourth-order valence-electron chi connectivity index (χ4n) is 7.30. The van der Waals surface area contributed by atoms with Gasteiger partial charge in [-0.15, -0.1) is 0 Å². The largest absolute Gasteiger partial charge is 0.432 e. The molecule has 4 heterocycles. The van der Waals surface area contributed by atoms with Crippen molar-refractivity contribution in [2.45, 2.75) is 25.4 Å². The topological polar surface area (TPSA) is 136 Å². The van der Waals surface area contributed by atoms with Crippen LogP contribution in [0.4, 0.5) is 38.2 Å². The van der Waals surface area contributed by atoms with Crippen LogP contribution in [0.25, 0.3) is 21.8 Å². The molecule has 65 heavy (non-hydrogen) atoms. The van der Waals surface area contributed by atoms with Crippen molar-refractivity contribution in [3.05, 3.63) is 177 Å². The van der Waals surface area contributed by atoms with Gasteiger partial charge in [-0.1, -0.05) is 77.3 Å². The van der Waals surface area contributed by atoms with E-state index in [2.05, 4.69) is 19.9 Å². The van der Waals surface area contributed by atoms with Gasteiger partial charge in [0, 0.05) is 74.8 Å². The van der Waals surface area contributed by atoms with Crippen LogP contribution in [-0.2, 0) is 35.0 Å². The first-order valence-electron chi connectivity index (χ1n) is 18.8. The molecule has 0 N–H and O–H groups in total. The minimum absolute atomic E-state index is 0.0329. The second-order valence-electron chi connectivity index (χ2n) is 14.0. The van der Waals surface area contributed by atoms with E-state index in [1.54, 1.807) is 0 Å². The number of benzene rings is 4. The van der Waals surface area contributed by atoms with E-state index in [4.69, 9.17) is 34.8 Å². The van der Waals surface area contributed by atoms with E-state index in [-0.39, 0.29) is 36.5 Å². The van der Waals surface area contributed by atoms with Crippen LogP contribution in [0.5, 0.6) is 0 Å². The molecule has 4 aromatic carbocycles. The van der Waals surface area contributed by atoms with Gasteiger partial charge in [0.05, 0.1) is 11.1 Å². The number of hydrogen-bond donors (Lipinski definition) is 0. The molecule has 8 aromatic rings. The summed E-state index contributed by atoms with van der Waals surface area (Å²) < 4.78 is 93.9. The summed E-state index contributed by atoms with van der Waals surface area (Å²) in [4.78, 5) is 75.1. The van der Waals surface area contributed by atoms with Crippen molar-refractivity contribution in [2.75, 3.05) is 10.0 Å².